The molecule has 0 radical (unpaired) electrons. The molecule has 0 N–H and O–H groups in total. The van der Waals surface area contributed by atoms with Gasteiger partial charge in [-0.3, -0.25) is 4.98 Å². The van der Waals surface area contributed by atoms with Gasteiger partial charge in [0, 0.05) is 22.8 Å². The predicted octanol–water partition coefficient (Wildman–Crippen LogP) is 5.83. The monoisotopic (exact) mass is 359 g/mol. The van der Waals surface area contributed by atoms with Crippen molar-refractivity contribution in [3.63, 3.8) is 0 Å². The molecule has 0 saturated heterocycles. The summed E-state index contributed by atoms with van der Waals surface area (Å²) in [7, 11) is 0. The van der Waals surface area contributed by atoms with E-state index in [9.17, 15) is 0 Å². The minimum Gasteiger partial charge on any atom is -0.261 e. The Bertz CT molecular complexity index is 785. The first-order valence-electron chi connectivity index (χ1n) is 6.87. The summed E-state index contributed by atoms with van der Waals surface area (Å²) in [4.78, 5) is 4.43. The lowest BCUT2D eigenvalue weighted by molar-refractivity contribution is 0.871. The Labute approximate surface area is 138 Å². The van der Waals surface area contributed by atoms with Gasteiger partial charge >= 0.3 is 0 Å². The van der Waals surface area contributed by atoms with Crippen LogP contribution in [-0.4, -0.2) is 4.98 Å². The molecule has 3 aromatic rings. The number of hydrogen-bond donors (Lipinski definition) is 0. The molecule has 0 aliphatic rings. The first-order chi connectivity index (χ1) is 10.1. The van der Waals surface area contributed by atoms with Crippen molar-refractivity contribution in [1.29, 1.82) is 0 Å². The average molecular weight is 361 g/mol. The molecule has 3 heteroatoms. The van der Waals surface area contributed by atoms with E-state index in [-0.39, 0.29) is 5.38 Å². The highest BCUT2D eigenvalue weighted by Crippen LogP contribution is 2.29. The van der Waals surface area contributed by atoms with E-state index in [4.69, 9.17) is 11.6 Å². The third-order valence-electron chi connectivity index (χ3n) is 3.68. The molecule has 0 fully saturated rings. The first-order valence-corrected chi connectivity index (χ1v) is 8.10. The van der Waals surface area contributed by atoms with Gasteiger partial charge in [0.25, 0.3) is 0 Å². The van der Waals surface area contributed by atoms with E-state index < -0.39 is 0 Å². The van der Waals surface area contributed by atoms with Crippen molar-refractivity contribution in [2.75, 3.05) is 0 Å². The van der Waals surface area contributed by atoms with Crippen LogP contribution in [0, 0.1) is 6.92 Å². The normalized spacial score (nSPS) is 12.5. The summed E-state index contributed by atoms with van der Waals surface area (Å²) in [5.41, 5.74) is 3.39. The van der Waals surface area contributed by atoms with Crippen molar-refractivity contribution in [2.45, 2.75) is 18.7 Å². The number of rotatable bonds is 3. The second kappa shape index (κ2) is 6.17. The van der Waals surface area contributed by atoms with Crippen LogP contribution < -0.4 is 0 Å². The molecular formula is C18H15BrClN. The molecule has 0 aliphatic heterocycles. The third kappa shape index (κ3) is 3.28. The van der Waals surface area contributed by atoms with Gasteiger partial charge in [-0.1, -0.05) is 40.2 Å². The summed E-state index contributed by atoms with van der Waals surface area (Å²) in [5, 5.41) is 2.36. The highest BCUT2D eigenvalue weighted by atomic mass is 79.9. The number of aryl methyl sites for hydroxylation is 1. The Kier molecular flexibility index (Phi) is 4.27. The minimum atomic E-state index is -0.0633. The Hall–Kier alpha value is -1.38. The summed E-state index contributed by atoms with van der Waals surface area (Å²) >= 11 is 10.1. The van der Waals surface area contributed by atoms with Crippen LogP contribution in [0.2, 0.25) is 0 Å². The Morgan fingerprint density at radius 1 is 1.10 bits per heavy atom. The van der Waals surface area contributed by atoms with Gasteiger partial charge < -0.3 is 0 Å². The molecule has 0 aliphatic carbocycles. The van der Waals surface area contributed by atoms with Gasteiger partial charge in [0.15, 0.2) is 0 Å². The molecule has 2 aromatic carbocycles. The number of halogens is 2. The molecule has 0 bridgehead atoms. The quantitative estimate of drug-likeness (QED) is 0.536. The van der Waals surface area contributed by atoms with E-state index in [2.05, 4.69) is 70.3 Å². The van der Waals surface area contributed by atoms with Crippen LogP contribution in [0.3, 0.4) is 0 Å². The second-order valence-corrected chi connectivity index (χ2v) is 6.63. The summed E-state index contributed by atoms with van der Waals surface area (Å²) in [6, 6.07) is 16.7. The maximum atomic E-state index is 6.60. The van der Waals surface area contributed by atoms with Gasteiger partial charge in [0.2, 0.25) is 0 Å². The van der Waals surface area contributed by atoms with Crippen LogP contribution in [0.25, 0.3) is 10.8 Å². The molecule has 0 saturated carbocycles. The van der Waals surface area contributed by atoms with E-state index in [0.717, 1.165) is 22.2 Å². The van der Waals surface area contributed by atoms with E-state index in [0.29, 0.717) is 0 Å². The van der Waals surface area contributed by atoms with Crippen LogP contribution in [-0.2, 0) is 6.42 Å². The van der Waals surface area contributed by atoms with Crippen molar-refractivity contribution in [3.8, 4) is 0 Å². The summed E-state index contributed by atoms with van der Waals surface area (Å²) in [6.07, 6.45) is 2.57. The Morgan fingerprint density at radius 2 is 1.86 bits per heavy atom. The van der Waals surface area contributed by atoms with Crippen LogP contribution in [0.1, 0.15) is 22.2 Å². The van der Waals surface area contributed by atoms with Crippen molar-refractivity contribution >= 4 is 38.3 Å². The molecule has 3 rings (SSSR count). The van der Waals surface area contributed by atoms with Crippen LogP contribution in [0.4, 0.5) is 0 Å². The van der Waals surface area contributed by atoms with Crippen molar-refractivity contribution < 1.29 is 0 Å². The number of hydrogen-bond acceptors (Lipinski definition) is 1. The zero-order valence-electron chi connectivity index (χ0n) is 11.7. The van der Waals surface area contributed by atoms with Gasteiger partial charge in [-0.2, -0.15) is 0 Å². The smallest absolute Gasteiger partial charge is 0.0640 e. The predicted molar refractivity (Wildman–Crippen MR) is 92.9 cm³/mol. The number of benzene rings is 2. The Morgan fingerprint density at radius 3 is 2.67 bits per heavy atom. The number of pyridine rings is 1. The fraction of sp³-hybridized carbons (Fsp3) is 0.167. The molecule has 106 valence electrons. The molecule has 21 heavy (non-hydrogen) atoms. The van der Waals surface area contributed by atoms with E-state index in [1.54, 1.807) is 0 Å². The third-order valence-corrected chi connectivity index (χ3v) is 4.58. The summed E-state index contributed by atoms with van der Waals surface area (Å²) in [5.74, 6) is 0. The number of aromatic nitrogens is 1. The van der Waals surface area contributed by atoms with Crippen LogP contribution in [0.15, 0.2) is 59.2 Å². The molecule has 1 aromatic heterocycles. The maximum Gasteiger partial charge on any atom is 0.0640 e. The van der Waals surface area contributed by atoms with Crippen LogP contribution in [0.5, 0.6) is 0 Å². The summed E-state index contributed by atoms with van der Waals surface area (Å²) in [6.45, 7) is 2.07. The average Bonchev–Trinajstić information content (AvgIpc) is 2.49. The molecule has 1 nitrogen and oxygen atoms in total. The van der Waals surface area contributed by atoms with Crippen molar-refractivity contribution in [3.05, 3.63) is 76.0 Å². The second-order valence-electron chi connectivity index (χ2n) is 5.19. The molecular weight excluding hydrogens is 346 g/mol. The summed E-state index contributed by atoms with van der Waals surface area (Å²) < 4.78 is 1.09. The molecule has 1 atom stereocenters. The Balaban J connectivity index is 1.89. The van der Waals surface area contributed by atoms with Crippen molar-refractivity contribution in [1.82, 2.24) is 4.98 Å². The van der Waals surface area contributed by atoms with Gasteiger partial charge in [-0.25, -0.2) is 0 Å². The van der Waals surface area contributed by atoms with E-state index in [1.807, 2.05) is 12.3 Å². The van der Waals surface area contributed by atoms with Gasteiger partial charge in [0.1, 0.15) is 0 Å². The molecule has 0 amide bonds. The zero-order chi connectivity index (χ0) is 14.8. The lowest BCUT2D eigenvalue weighted by Crippen LogP contribution is -2.00. The molecule has 0 spiro atoms. The molecule has 1 heterocycles. The minimum absolute atomic E-state index is 0.0633. The standard InChI is InChI=1S/C18H15BrClN/c1-12-3-2-8-21-18(12)11-17(20)15-5-4-14-10-16(19)7-6-13(14)9-15/h2-10,17H,11H2,1H3. The lowest BCUT2D eigenvalue weighted by atomic mass is 10.0. The largest absolute Gasteiger partial charge is 0.261 e. The van der Waals surface area contributed by atoms with Crippen molar-refractivity contribution in [2.24, 2.45) is 0 Å². The highest BCUT2D eigenvalue weighted by molar-refractivity contribution is 9.10. The van der Waals surface area contributed by atoms with E-state index in [1.165, 1.54) is 16.3 Å². The first kappa shape index (κ1) is 14.6. The van der Waals surface area contributed by atoms with Gasteiger partial charge in [-0.05, 0) is 53.1 Å². The van der Waals surface area contributed by atoms with E-state index >= 15 is 0 Å². The topological polar surface area (TPSA) is 12.9 Å². The SMILES string of the molecule is Cc1cccnc1CC(Cl)c1ccc2cc(Br)ccc2c1. The number of alkyl halides is 1. The lowest BCUT2D eigenvalue weighted by Gasteiger charge is -2.12. The zero-order valence-corrected chi connectivity index (χ0v) is 14.0. The number of fused-ring (bicyclic) bond motifs is 1. The fourth-order valence-corrected chi connectivity index (χ4v) is 3.11. The van der Waals surface area contributed by atoms with Gasteiger partial charge in [0.05, 0.1) is 5.38 Å². The highest BCUT2D eigenvalue weighted by Gasteiger charge is 2.12. The van der Waals surface area contributed by atoms with Gasteiger partial charge in [-0.15, -0.1) is 11.6 Å². The molecule has 1 unspecified atom stereocenters. The fourth-order valence-electron chi connectivity index (χ4n) is 2.45. The van der Waals surface area contributed by atoms with Crippen LogP contribution >= 0.6 is 27.5 Å². The number of nitrogens with zero attached hydrogens (tertiary/aromatic N) is 1. The maximum absolute atomic E-state index is 6.60.